The number of carboxylic acid groups (broad SMARTS) is 1. The first-order valence-electron chi connectivity index (χ1n) is 12.0. The van der Waals surface area contributed by atoms with Crippen LogP contribution in [-0.2, 0) is 16.1 Å². The molecule has 180 valence electrons. The summed E-state index contributed by atoms with van der Waals surface area (Å²) < 4.78 is 0. The third kappa shape index (κ3) is 6.14. The molecule has 1 aliphatic heterocycles. The van der Waals surface area contributed by atoms with Crippen molar-refractivity contribution in [3.8, 4) is 0 Å². The second kappa shape index (κ2) is 11.2. The Hall–Kier alpha value is -3.39. The fraction of sp³-hybridized carbons (Fsp3) is 0.423. The van der Waals surface area contributed by atoms with Crippen LogP contribution < -0.4 is 15.5 Å². The summed E-state index contributed by atoms with van der Waals surface area (Å²) in [5.74, 6) is -1.18. The van der Waals surface area contributed by atoms with Crippen LogP contribution >= 0.6 is 0 Å². The van der Waals surface area contributed by atoms with Gasteiger partial charge in [0.1, 0.15) is 0 Å². The number of nitrogens with zero attached hydrogens (tertiary/aromatic N) is 2. The number of carbonyl (C=O) groups excluding carboxylic acids is 2. The molecule has 0 aromatic heterocycles. The third-order valence-corrected chi connectivity index (χ3v) is 6.65. The van der Waals surface area contributed by atoms with Crippen LogP contribution in [0.1, 0.15) is 41.6 Å². The summed E-state index contributed by atoms with van der Waals surface area (Å²) in [6, 6.07) is 15.0. The molecule has 2 aromatic carbocycles. The van der Waals surface area contributed by atoms with E-state index in [2.05, 4.69) is 20.4 Å². The molecule has 2 amide bonds. The van der Waals surface area contributed by atoms with E-state index in [1.807, 2.05) is 36.4 Å². The zero-order valence-corrected chi connectivity index (χ0v) is 19.3. The molecule has 8 heteroatoms. The topological polar surface area (TPSA) is 102 Å². The maximum atomic E-state index is 12.5. The minimum Gasteiger partial charge on any atom is -0.478 e. The van der Waals surface area contributed by atoms with Gasteiger partial charge in [0.05, 0.1) is 17.8 Å². The minimum absolute atomic E-state index is 0.00664. The summed E-state index contributed by atoms with van der Waals surface area (Å²) in [5.41, 5.74) is 2.33. The monoisotopic (exact) mass is 464 g/mol. The van der Waals surface area contributed by atoms with Crippen LogP contribution in [0.5, 0.6) is 0 Å². The van der Waals surface area contributed by atoms with Gasteiger partial charge >= 0.3 is 5.97 Å². The molecule has 0 atom stereocenters. The van der Waals surface area contributed by atoms with Crippen molar-refractivity contribution in [1.29, 1.82) is 0 Å². The molecular weight excluding hydrogens is 432 g/mol. The molecular formula is C26H32N4O4. The van der Waals surface area contributed by atoms with Gasteiger partial charge in [-0.3, -0.25) is 14.5 Å². The lowest BCUT2D eigenvalue weighted by molar-refractivity contribution is -0.122. The van der Waals surface area contributed by atoms with Gasteiger partial charge in [-0.2, -0.15) is 0 Å². The first-order valence-corrected chi connectivity index (χ1v) is 12.0. The van der Waals surface area contributed by atoms with Gasteiger partial charge in [0, 0.05) is 44.3 Å². The standard InChI is InChI=1S/C26H32N4O4/c31-24(27-17-19-6-2-1-3-7-19)18-29-12-14-30(15-13-29)21-10-11-23(22(16-21)26(33)34)28-25(32)20-8-4-5-9-20/h1-3,6-7,10-11,16,20H,4-5,8-9,12-15,17-18H2,(H,27,31)(H,28,32)(H,33,34). The Labute approximate surface area is 199 Å². The SMILES string of the molecule is O=C(CN1CCN(c2ccc(NC(=O)C3CCCC3)c(C(=O)O)c2)CC1)NCc1ccccc1. The van der Waals surface area contributed by atoms with E-state index in [1.165, 1.54) is 0 Å². The van der Waals surface area contributed by atoms with Crippen molar-refractivity contribution in [2.24, 2.45) is 5.92 Å². The van der Waals surface area contributed by atoms with E-state index >= 15 is 0 Å². The van der Waals surface area contributed by atoms with Crippen molar-refractivity contribution in [2.45, 2.75) is 32.2 Å². The van der Waals surface area contributed by atoms with E-state index in [1.54, 1.807) is 12.1 Å². The first kappa shape index (κ1) is 23.8. The maximum absolute atomic E-state index is 12.5. The molecule has 2 aliphatic rings. The second-order valence-electron chi connectivity index (χ2n) is 9.03. The molecule has 8 nitrogen and oxygen atoms in total. The molecule has 0 spiro atoms. The Morgan fingerprint density at radius 3 is 2.32 bits per heavy atom. The number of rotatable bonds is 8. The van der Waals surface area contributed by atoms with E-state index in [4.69, 9.17) is 0 Å². The quantitative estimate of drug-likeness (QED) is 0.555. The Morgan fingerprint density at radius 2 is 1.65 bits per heavy atom. The van der Waals surface area contributed by atoms with E-state index in [0.29, 0.717) is 45.0 Å². The highest BCUT2D eigenvalue weighted by Gasteiger charge is 2.25. The van der Waals surface area contributed by atoms with Gasteiger partial charge < -0.3 is 20.6 Å². The lowest BCUT2D eigenvalue weighted by Crippen LogP contribution is -2.49. The number of aromatic carboxylic acids is 1. The molecule has 4 rings (SSSR count). The largest absolute Gasteiger partial charge is 0.478 e. The molecule has 1 aliphatic carbocycles. The van der Waals surface area contributed by atoms with Crippen molar-refractivity contribution in [3.05, 3.63) is 59.7 Å². The van der Waals surface area contributed by atoms with E-state index in [0.717, 1.165) is 36.9 Å². The summed E-state index contributed by atoms with van der Waals surface area (Å²) in [5, 5.41) is 15.5. The predicted molar refractivity (Wildman–Crippen MR) is 131 cm³/mol. The van der Waals surface area contributed by atoms with E-state index < -0.39 is 5.97 Å². The normalized spacial score (nSPS) is 16.9. The fourth-order valence-corrected chi connectivity index (χ4v) is 4.66. The molecule has 34 heavy (non-hydrogen) atoms. The molecule has 1 heterocycles. The Kier molecular flexibility index (Phi) is 7.80. The van der Waals surface area contributed by atoms with Crippen LogP contribution in [0, 0.1) is 5.92 Å². The number of benzene rings is 2. The number of piperazine rings is 1. The number of anilines is 2. The number of hydrogen-bond donors (Lipinski definition) is 3. The van der Waals surface area contributed by atoms with E-state index in [9.17, 15) is 19.5 Å². The fourth-order valence-electron chi connectivity index (χ4n) is 4.66. The number of amides is 2. The van der Waals surface area contributed by atoms with Gasteiger partial charge in [-0.05, 0) is 36.6 Å². The molecule has 0 unspecified atom stereocenters. The zero-order chi connectivity index (χ0) is 23.9. The van der Waals surface area contributed by atoms with Gasteiger partial charge in [-0.1, -0.05) is 43.2 Å². The van der Waals surface area contributed by atoms with Gasteiger partial charge in [0.25, 0.3) is 0 Å². The van der Waals surface area contributed by atoms with Crippen LogP contribution in [0.3, 0.4) is 0 Å². The molecule has 1 saturated heterocycles. The molecule has 2 aromatic rings. The predicted octanol–water partition coefficient (Wildman–Crippen LogP) is 2.95. The van der Waals surface area contributed by atoms with Crippen LogP contribution in [0.4, 0.5) is 11.4 Å². The van der Waals surface area contributed by atoms with Crippen molar-refractivity contribution in [1.82, 2.24) is 10.2 Å². The average molecular weight is 465 g/mol. The van der Waals surface area contributed by atoms with Crippen molar-refractivity contribution >= 4 is 29.2 Å². The molecule has 2 fully saturated rings. The van der Waals surface area contributed by atoms with Crippen LogP contribution in [0.15, 0.2) is 48.5 Å². The lowest BCUT2D eigenvalue weighted by atomic mass is 10.1. The summed E-state index contributed by atoms with van der Waals surface area (Å²) in [7, 11) is 0. The third-order valence-electron chi connectivity index (χ3n) is 6.65. The smallest absolute Gasteiger partial charge is 0.337 e. The number of hydrogen-bond acceptors (Lipinski definition) is 5. The number of nitrogens with one attached hydrogen (secondary N) is 2. The molecule has 0 bridgehead atoms. The molecule has 0 radical (unpaired) electrons. The highest BCUT2D eigenvalue weighted by molar-refractivity contribution is 6.02. The lowest BCUT2D eigenvalue weighted by Gasteiger charge is -2.36. The average Bonchev–Trinajstić information content (AvgIpc) is 3.39. The number of carboxylic acids is 1. The summed E-state index contributed by atoms with van der Waals surface area (Å²) in [4.78, 5) is 40.9. The van der Waals surface area contributed by atoms with Gasteiger partial charge in [0.2, 0.25) is 11.8 Å². The Balaban J connectivity index is 1.30. The minimum atomic E-state index is -1.06. The summed E-state index contributed by atoms with van der Waals surface area (Å²) in [6.07, 6.45) is 3.81. The Bertz CT molecular complexity index is 1010. The van der Waals surface area contributed by atoms with Gasteiger partial charge in [-0.15, -0.1) is 0 Å². The van der Waals surface area contributed by atoms with Crippen LogP contribution in [0.2, 0.25) is 0 Å². The summed E-state index contributed by atoms with van der Waals surface area (Å²) >= 11 is 0. The van der Waals surface area contributed by atoms with E-state index in [-0.39, 0.29) is 23.3 Å². The van der Waals surface area contributed by atoms with Crippen molar-refractivity contribution in [3.63, 3.8) is 0 Å². The van der Waals surface area contributed by atoms with Crippen LogP contribution in [-0.4, -0.2) is 60.5 Å². The van der Waals surface area contributed by atoms with Crippen LogP contribution in [0.25, 0.3) is 0 Å². The van der Waals surface area contributed by atoms with Crippen molar-refractivity contribution < 1.29 is 19.5 Å². The second-order valence-corrected chi connectivity index (χ2v) is 9.03. The molecule has 3 N–H and O–H groups in total. The highest BCUT2D eigenvalue weighted by atomic mass is 16.4. The van der Waals surface area contributed by atoms with Gasteiger partial charge in [0.15, 0.2) is 0 Å². The Morgan fingerprint density at radius 1 is 0.941 bits per heavy atom. The maximum Gasteiger partial charge on any atom is 0.337 e. The zero-order valence-electron chi connectivity index (χ0n) is 19.3. The number of carbonyl (C=O) groups is 3. The summed E-state index contributed by atoms with van der Waals surface area (Å²) in [6.45, 7) is 3.66. The van der Waals surface area contributed by atoms with Crippen molar-refractivity contribution in [2.75, 3.05) is 42.9 Å². The first-order chi connectivity index (χ1) is 16.5. The van der Waals surface area contributed by atoms with Gasteiger partial charge in [-0.25, -0.2) is 4.79 Å². The highest BCUT2D eigenvalue weighted by Crippen LogP contribution is 2.29. The molecule has 1 saturated carbocycles.